The Bertz CT molecular complexity index is 635. The number of nitrogens with zero attached hydrogens (tertiary/aromatic N) is 2. The fourth-order valence-corrected chi connectivity index (χ4v) is 2.25. The molecule has 1 aromatic heterocycles. The van der Waals surface area contributed by atoms with Gasteiger partial charge in [-0.3, -0.25) is 4.79 Å². The summed E-state index contributed by atoms with van der Waals surface area (Å²) in [4.78, 5) is 15.6. The summed E-state index contributed by atoms with van der Waals surface area (Å²) in [6.45, 7) is 3.62. The minimum absolute atomic E-state index is 0.134. The molecule has 5 nitrogen and oxygen atoms in total. The predicted octanol–water partition coefficient (Wildman–Crippen LogP) is 3.31. The maximum absolute atomic E-state index is 13.7. The first-order valence-electron chi connectivity index (χ1n) is 6.83. The predicted molar refractivity (Wildman–Crippen MR) is 74.0 cm³/mol. The largest absolute Gasteiger partial charge is 0.481 e. The van der Waals surface area contributed by atoms with Crippen molar-refractivity contribution in [3.8, 4) is 11.4 Å². The highest BCUT2D eigenvalue weighted by atomic mass is 19.1. The van der Waals surface area contributed by atoms with Gasteiger partial charge in [0, 0.05) is 6.42 Å². The third kappa shape index (κ3) is 2.94. The summed E-state index contributed by atoms with van der Waals surface area (Å²) in [5.74, 6) is -0.993. The monoisotopic (exact) mass is 292 g/mol. The topological polar surface area (TPSA) is 76.2 Å². The van der Waals surface area contributed by atoms with Gasteiger partial charge in [-0.05, 0) is 25.0 Å². The molecule has 2 rings (SSSR count). The van der Waals surface area contributed by atoms with Crippen molar-refractivity contribution in [2.75, 3.05) is 0 Å². The summed E-state index contributed by atoms with van der Waals surface area (Å²) in [5, 5.41) is 13.1. The van der Waals surface area contributed by atoms with Crippen LogP contribution >= 0.6 is 0 Å². The Morgan fingerprint density at radius 1 is 1.33 bits per heavy atom. The van der Waals surface area contributed by atoms with E-state index >= 15 is 0 Å². The molecule has 2 aromatic rings. The number of aromatic nitrogens is 2. The molecule has 0 atom stereocenters. The van der Waals surface area contributed by atoms with Crippen molar-refractivity contribution in [2.45, 2.75) is 33.1 Å². The van der Waals surface area contributed by atoms with Gasteiger partial charge in [-0.15, -0.1) is 0 Å². The number of carboxylic acid groups (broad SMARTS) is 1. The maximum atomic E-state index is 13.7. The van der Waals surface area contributed by atoms with E-state index in [-0.39, 0.29) is 23.7 Å². The van der Waals surface area contributed by atoms with E-state index in [1.54, 1.807) is 18.2 Å². The zero-order valence-electron chi connectivity index (χ0n) is 12.0. The van der Waals surface area contributed by atoms with E-state index in [1.807, 2.05) is 13.8 Å². The van der Waals surface area contributed by atoms with Crippen molar-refractivity contribution in [3.05, 3.63) is 36.0 Å². The Morgan fingerprint density at radius 2 is 2.00 bits per heavy atom. The average molecular weight is 292 g/mol. The average Bonchev–Trinajstić information content (AvgIpc) is 2.93. The number of hydrogen-bond acceptors (Lipinski definition) is 4. The van der Waals surface area contributed by atoms with Crippen molar-refractivity contribution < 1.29 is 18.8 Å². The van der Waals surface area contributed by atoms with Crippen molar-refractivity contribution in [3.63, 3.8) is 0 Å². The molecule has 0 amide bonds. The van der Waals surface area contributed by atoms with Crippen molar-refractivity contribution in [1.82, 2.24) is 10.1 Å². The van der Waals surface area contributed by atoms with Crippen LogP contribution in [0.15, 0.2) is 28.8 Å². The molecule has 0 bridgehead atoms. The summed E-state index contributed by atoms with van der Waals surface area (Å²) in [6.07, 6.45) is 1.04. The molecule has 0 spiro atoms. The van der Waals surface area contributed by atoms with Crippen LogP contribution < -0.4 is 0 Å². The Morgan fingerprint density at radius 3 is 2.57 bits per heavy atom. The van der Waals surface area contributed by atoms with Gasteiger partial charge < -0.3 is 9.63 Å². The number of aliphatic carboxylic acids is 1. The highest BCUT2D eigenvalue weighted by Crippen LogP contribution is 2.31. The van der Waals surface area contributed by atoms with Gasteiger partial charge in [0.25, 0.3) is 0 Å². The van der Waals surface area contributed by atoms with Gasteiger partial charge in [0.15, 0.2) is 0 Å². The van der Waals surface area contributed by atoms with Crippen LogP contribution in [0.4, 0.5) is 4.39 Å². The lowest BCUT2D eigenvalue weighted by atomic mass is 9.79. The molecule has 1 aromatic carbocycles. The lowest BCUT2D eigenvalue weighted by Crippen LogP contribution is -2.32. The number of carboxylic acids is 1. The SMILES string of the molecule is CCC(CC)(Cc1nc(-c2ccccc2F)no1)C(=O)O. The summed E-state index contributed by atoms with van der Waals surface area (Å²) >= 11 is 0. The van der Waals surface area contributed by atoms with Gasteiger partial charge in [0.05, 0.1) is 11.0 Å². The van der Waals surface area contributed by atoms with Gasteiger partial charge in [0.1, 0.15) is 5.82 Å². The van der Waals surface area contributed by atoms with E-state index in [0.29, 0.717) is 12.8 Å². The van der Waals surface area contributed by atoms with Crippen molar-refractivity contribution in [2.24, 2.45) is 5.41 Å². The van der Waals surface area contributed by atoms with Crippen LogP contribution in [0, 0.1) is 11.2 Å². The second-order valence-electron chi connectivity index (χ2n) is 4.96. The molecule has 0 saturated heterocycles. The van der Waals surface area contributed by atoms with Crippen LogP contribution in [0.5, 0.6) is 0 Å². The van der Waals surface area contributed by atoms with Crippen LogP contribution in [0.25, 0.3) is 11.4 Å². The van der Waals surface area contributed by atoms with Gasteiger partial charge in [-0.1, -0.05) is 31.1 Å². The molecule has 112 valence electrons. The summed E-state index contributed by atoms with van der Waals surface area (Å²) in [6, 6.07) is 6.11. The zero-order chi connectivity index (χ0) is 15.5. The first-order chi connectivity index (χ1) is 10.0. The molecule has 0 aliphatic heterocycles. The summed E-state index contributed by atoms with van der Waals surface area (Å²) in [7, 11) is 0. The highest BCUT2D eigenvalue weighted by molar-refractivity contribution is 5.74. The molecule has 0 unspecified atom stereocenters. The standard InChI is InChI=1S/C15H17FN2O3/c1-3-15(4-2,14(19)20)9-12-17-13(18-21-12)10-7-5-6-8-11(10)16/h5-8H,3-4,9H2,1-2H3,(H,19,20). The number of halogens is 1. The molecule has 1 N–H and O–H groups in total. The third-order valence-electron chi connectivity index (χ3n) is 3.88. The molecule has 1 heterocycles. The van der Waals surface area contributed by atoms with Gasteiger partial charge in [0.2, 0.25) is 11.7 Å². The molecule has 0 radical (unpaired) electrons. The van der Waals surface area contributed by atoms with Crippen LogP contribution in [0.1, 0.15) is 32.6 Å². The minimum atomic E-state index is -0.932. The van der Waals surface area contributed by atoms with Gasteiger partial charge >= 0.3 is 5.97 Å². The Kier molecular flexibility index (Phi) is 4.35. The van der Waals surface area contributed by atoms with Crippen molar-refractivity contribution >= 4 is 5.97 Å². The second kappa shape index (κ2) is 6.03. The normalized spacial score (nSPS) is 11.6. The van der Waals surface area contributed by atoms with E-state index < -0.39 is 17.2 Å². The van der Waals surface area contributed by atoms with E-state index in [4.69, 9.17) is 4.52 Å². The summed E-state index contributed by atoms with van der Waals surface area (Å²) in [5.41, 5.74) is -0.694. The van der Waals surface area contributed by atoms with Gasteiger partial charge in [-0.25, -0.2) is 4.39 Å². The molecule has 0 aliphatic carbocycles. The molecule has 0 fully saturated rings. The van der Waals surface area contributed by atoms with E-state index in [1.165, 1.54) is 6.07 Å². The molecular formula is C15H17FN2O3. The number of rotatable bonds is 6. The molecule has 21 heavy (non-hydrogen) atoms. The fraction of sp³-hybridized carbons (Fsp3) is 0.400. The quantitative estimate of drug-likeness (QED) is 0.884. The Labute approximate surface area is 121 Å². The highest BCUT2D eigenvalue weighted by Gasteiger charge is 2.37. The van der Waals surface area contributed by atoms with Crippen LogP contribution in [0.2, 0.25) is 0 Å². The number of hydrogen-bond donors (Lipinski definition) is 1. The van der Waals surface area contributed by atoms with Crippen molar-refractivity contribution in [1.29, 1.82) is 0 Å². The van der Waals surface area contributed by atoms with E-state index in [2.05, 4.69) is 10.1 Å². The lowest BCUT2D eigenvalue weighted by Gasteiger charge is -2.24. The minimum Gasteiger partial charge on any atom is -0.481 e. The van der Waals surface area contributed by atoms with Gasteiger partial charge in [-0.2, -0.15) is 4.98 Å². The zero-order valence-corrected chi connectivity index (χ0v) is 12.0. The molecule has 6 heteroatoms. The third-order valence-corrected chi connectivity index (χ3v) is 3.88. The van der Waals surface area contributed by atoms with Crippen LogP contribution in [-0.2, 0) is 11.2 Å². The lowest BCUT2D eigenvalue weighted by molar-refractivity contribution is -0.149. The number of benzene rings is 1. The molecule has 0 saturated carbocycles. The second-order valence-corrected chi connectivity index (χ2v) is 4.96. The first kappa shape index (κ1) is 15.2. The van der Waals surface area contributed by atoms with E-state index in [9.17, 15) is 14.3 Å². The maximum Gasteiger partial charge on any atom is 0.310 e. The fourth-order valence-electron chi connectivity index (χ4n) is 2.25. The van der Waals surface area contributed by atoms with Crippen LogP contribution in [-0.4, -0.2) is 21.2 Å². The smallest absolute Gasteiger partial charge is 0.310 e. The van der Waals surface area contributed by atoms with Crippen LogP contribution in [0.3, 0.4) is 0 Å². The number of carbonyl (C=O) groups is 1. The molecular weight excluding hydrogens is 275 g/mol. The Balaban J connectivity index is 2.28. The Hall–Kier alpha value is -2.24. The first-order valence-corrected chi connectivity index (χ1v) is 6.83. The summed E-state index contributed by atoms with van der Waals surface area (Å²) < 4.78 is 18.8. The molecule has 0 aliphatic rings. The van der Waals surface area contributed by atoms with E-state index in [0.717, 1.165) is 0 Å².